The maximum Gasteiger partial charge on any atom is 0.230 e. The molecule has 0 saturated carbocycles. The van der Waals surface area contributed by atoms with Gasteiger partial charge in [-0.15, -0.1) is 11.8 Å². The molecule has 1 unspecified atom stereocenters. The zero-order valence-electron chi connectivity index (χ0n) is 11.1. The third-order valence-electron chi connectivity index (χ3n) is 2.78. The molecule has 0 radical (unpaired) electrons. The van der Waals surface area contributed by atoms with Crippen LogP contribution in [0.2, 0.25) is 0 Å². The van der Waals surface area contributed by atoms with E-state index in [0.717, 1.165) is 5.56 Å². The highest BCUT2D eigenvalue weighted by Crippen LogP contribution is 2.13. The van der Waals surface area contributed by atoms with Gasteiger partial charge in [-0.05, 0) is 30.5 Å². The van der Waals surface area contributed by atoms with Crippen molar-refractivity contribution in [1.29, 1.82) is 0 Å². The smallest absolute Gasteiger partial charge is 0.230 e. The number of hydrogen-bond acceptors (Lipinski definition) is 2. The Labute approximate surface area is 112 Å². The van der Waals surface area contributed by atoms with Crippen LogP contribution in [0.4, 0.5) is 4.39 Å². The van der Waals surface area contributed by atoms with E-state index in [4.69, 9.17) is 0 Å². The monoisotopic (exact) mass is 269 g/mol. The Kier molecular flexibility index (Phi) is 6.19. The first-order valence-corrected chi connectivity index (χ1v) is 7.26. The van der Waals surface area contributed by atoms with Crippen molar-refractivity contribution in [2.24, 2.45) is 5.92 Å². The van der Waals surface area contributed by atoms with Crippen LogP contribution in [0.1, 0.15) is 26.3 Å². The number of halogens is 1. The Bertz CT molecular complexity index is 395. The van der Waals surface area contributed by atoms with Crippen LogP contribution in [0.3, 0.4) is 0 Å². The van der Waals surface area contributed by atoms with Gasteiger partial charge in [-0.1, -0.05) is 26.0 Å². The van der Waals surface area contributed by atoms with E-state index in [-0.39, 0.29) is 17.8 Å². The molecule has 0 fully saturated rings. The van der Waals surface area contributed by atoms with Gasteiger partial charge in [-0.3, -0.25) is 4.79 Å². The lowest BCUT2D eigenvalue weighted by Crippen LogP contribution is -2.37. The number of carbonyl (C=O) groups is 1. The van der Waals surface area contributed by atoms with Crippen molar-refractivity contribution in [3.05, 3.63) is 35.6 Å². The minimum absolute atomic E-state index is 0.0394. The topological polar surface area (TPSA) is 29.1 Å². The van der Waals surface area contributed by atoms with Crippen molar-refractivity contribution < 1.29 is 9.18 Å². The summed E-state index contributed by atoms with van der Waals surface area (Å²) in [5.41, 5.74) is 0.907. The third-order valence-corrected chi connectivity index (χ3v) is 3.78. The molecule has 0 heterocycles. The number of nitrogens with one attached hydrogen (secondary N) is 1. The molecule has 0 aliphatic heterocycles. The van der Waals surface area contributed by atoms with E-state index in [1.807, 2.05) is 13.0 Å². The molecular formula is C14H20FNOS. The highest BCUT2D eigenvalue weighted by atomic mass is 32.2. The first-order valence-electron chi connectivity index (χ1n) is 6.10. The molecule has 2 nitrogen and oxygen atoms in total. The minimum Gasteiger partial charge on any atom is -0.353 e. The molecule has 0 saturated heterocycles. The van der Waals surface area contributed by atoms with Crippen LogP contribution in [-0.4, -0.2) is 17.7 Å². The lowest BCUT2D eigenvalue weighted by Gasteiger charge is -2.17. The van der Waals surface area contributed by atoms with Gasteiger partial charge in [0.05, 0.1) is 5.75 Å². The maximum atomic E-state index is 12.9. The van der Waals surface area contributed by atoms with Gasteiger partial charge in [0.25, 0.3) is 0 Å². The summed E-state index contributed by atoms with van der Waals surface area (Å²) in [6, 6.07) is 6.66. The minimum atomic E-state index is -0.231. The molecule has 0 aliphatic carbocycles. The molecule has 100 valence electrons. The van der Waals surface area contributed by atoms with Crippen molar-refractivity contribution >= 4 is 17.7 Å². The molecule has 4 heteroatoms. The average molecular weight is 269 g/mol. The Morgan fingerprint density at radius 2 is 2.11 bits per heavy atom. The van der Waals surface area contributed by atoms with Gasteiger partial charge < -0.3 is 5.32 Å². The van der Waals surface area contributed by atoms with Gasteiger partial charge in [0.15, 0.2) is 0 Å². The molecule has 1 N–H and O–H groups in total. The van der Waals surface area contributed by atoms with Crippen molar-refractivity contribution in [3.8, 4) is 0 Å². The fraction of sp³-hybridized carbons (Fsp3) is 0.500. The van der Waals surface area contributed by atoms with Crippen LogP contribution in [0, 0.1) is 11.7 Å². The SMILES string of the molecule is CC(C)C(C)NC(=O)CSCc1cccc(F)c1. The molecule has 0 spiro atoms. The Hall–Kier alpha value is -1.03. The maximum absolute atomic E-state index is 12.9. The summed E-state index contributed by atoms with van der Waals surface area (Å²) in [5.74, 6) is 1.31. The van der Waals surface area contributed by atoms with E-state index in [1.165, 1.54) is 23.9 Å². The van der Waals surface area contributed by atoms with Crippen LogP contribution in [-0.2, 0) is 10.5 Å². The van der Waals surface area contributed by atoms with Crippen molar-refractivity contribution in [2.75, 3.05) is 5.75 Å². The number of carbonyl (C=O) groups excluding carboxylic acids is 1. The average Bonchev–Trinajstić information content (AvgIpc) is 2.28. The van der Waals surface area contributed by atoms with Crippen LogP contribution in [0.5, 0.6) is 0 Å². The van der Waals surface area contributed by atoms with E-state index in [9.17, 15) is 9.18 Å². The summed E-state index contributed by atoms with van der Waals surface area (Å²) < 4.78 is 12.9. The lowest BCUT2D eigenvalue weighted by molar-refractivity contribution is -0.119. The van der Waals surface area contributed by atoms with Crippen molar-refractivity contribution in [1.82, 2.24) is 5.32 Å². The molecule has 18 heavy (non-hydrogen) atoms. The van der Waals surface area contributed by atoms with Gasteiger partial charge in [-0.2, -0.15) is 0 Å². The second kappa shape index (κ2) is 7.41. The largest absolute Gasteiger partial charge is 0.353 e. The molecule has 1 aromatic rings. The normalized spacial score (nSPS) is 12.5. The molecule has 0 bridgehead atoms. The molecule has 1 rings (SSSR count). The van der Waals surface area contributed by atoms with Gasteiger partial charge in [0.2, 0.25) is 5.91 Å². The molecule has 1 aromatic carbocycles. The Morgan fingerprint density at radius 1 is 1.39 bits per heavy atom. The molecule has 1 atom stereocenters. The molecular weight excluding hydrogens is 249 g/mol. The first-order chi connectivity index (χ1) is 8.49. The molecule has 1 amide bonds. The van der Waals surface area contributed by atoms with Gasteiger partial charge in [-0.25, -0.2) is 4.39 Å². The van der Waals surface area contributed by atoms with E-state index in [2.05, 4.69) is 19.2 Å². The molecule has 0 aliphatic rings. The second-order valence-electron chi connectivity index (χ2n) is 4.72. The summed E-state index contributed by atoms with van der Waals surface area (Å²) in [4.78, 5) is 11.6. The summed E-state index contributed by atoms with van der Waals surface area (Å²) in [5, 5.41) is 2.94. The Balaban J connectivity index is 2.27. The predicted octanol–water partition coefficient (Wildman–Crippen LogP) is 3.22. The quantitative estimate of drug-likeness (QED) is 0.859. The second-order valence-corrected chi connectivity index (χ2v) is 5.71. The summed E-state index contributed by atoms with van der Waals surface area (Å²) in [6.45, 7) is 6.15. The number of rotatable bonds is 6. The van der Waals surface area contributed by atoms with Crippen LogP contribution >= 0.6 is 11.8 Å². The van der Waals surface area contributed by atoms with E-state index >= 15 is 0 Å². The van der Waals surface area contributed by atoms with Crippen LogP contribution < -0.4 is 5.32 Å². The fourth-order valence-electron chi connectivity index (χ4n) is 1.35. The highest BCUT2D eigenvalue weighted by molar-refractivity contribution is 7.99. The number of hydrogen-bond donors (Lipinski definition) is 1. The zero-order valence-corrected chi connectivity index (χ0v) is 11.9. The highest BCUT2D eigenvalue weighted by Gasteiger charge is 2.10. The standard InChI is InChI=1S/C14H20FNOS/c1-10(2)11(3)16-14(17)9-18-8-12-5-4-6-13(15)7-12/h4-7,10-11H,8-9H2,1-3H3,(H,16,17). The van der Waals surface area contributed by atoms with Crippen LogP contribution in [0.15, 0.2) is 24.3 Å². The predicted molar refractivity (Wildman–Crippen MR) is 75.0 cm³/mol. The van der Waals surface area contributed by atoms with Gasteiger partial charge in [0.1, 0.15) is 5.82 Å². The van der Waals surface area contributed by atoms with Crippen molar-refractivity contribution in [2.45, 2.75) is 32.6 Å². The van der Waals surface area contributed by atoms with Crippen molar-refractivity contribution in [3.63, 3.8) is 0 Å². The van der Waals surface area contributed by atoms with Gasteiger partial charge in [0, 0.05) is 11.8 Å². The van der Waals surface area contributed by atoms with E-state index < -0.39 is 0 Å². The first kappa shape index (κ1) is 15.0. The van der Waals surface area contributed by atoms with Gasteiger partial charge >= 0.3 is 0 Å². The fourth-order valence-corrected chi connectivity index (χ4v) is 2.14. The number of benzene rings is 1. The van der Waals surface area contributed by atoms with Crippen LogP contribution in [0.25, 0.3) is 0 Å². The zero-order chi connectivity index (χ0) is 13.5. The summed E-state index contributed by atoms with van der Waals surface area (Å²) >= 11 is 1.50. The summed E-state index contributed by atoms with van der Waals surface area (Å²) in [6.07, 6.45) is 0. The number of thioether (sulfide) groups is 1. The number of amides is 1. The summed E-state index contributed by atoms with van der Waals surface area (Å²) in [7, 11) is 0. The molecule has 0 aromatic heterocycles. The van der Waals surface area contributed by atoms with E-state index in [1.54, 1.807) is 6.07 Å². The lowest BCUT2D eigenvalue weighted by atomic mass is 10.1. The van der Waals surface area contributed by atoms with E-state index in [0.29, 0.717) is 17.4 Å². The third kappa shape index (κ3) is 5.54. The Morgan fingerprint density at radius 3 is 2.72 bits per heavy atom.